The van der Waals surface area contributed by atoms with E-state index >= 15 is 0 Å². The number of hydrogen-bond acceptors (Lipinski definition) is 4. The van der Waals surface area contributed by atoms with Crippen LogP contribution in [0.2, 0.25) is 0 Å². The van der Waals surface area contributed by atoms with Gasteiger partial charge in [-0.3, -0.25) is 0 Å². The van der Waals surface area contributed by atoms with Crippen molar-refractivity contribution in [3.63, 3.8) is 0 Å². The Hall–Kier alpha value is -1.88. The molecule has 1 N–H and O–H groups in total. The molecule has 0 amide bonds. The number of benzene rings is 1. The standard InChI is InChI=1S/C16H22O5/c1-3-4-5-6-11-20-12(2)16(19)21-14-9-7-13(8-10-14)15(17)18/h7-10,12H,3-6,11H2,1-2H3,(H,17,18). The molecule has 0 saturated heterocycles. The van der Waals surface area contributed by atoms with E-state index in [9.17, 15) is 9.59 Å². The van der Waals surface area contributed by atoms with Gasteiger partial charge in [-0.25, -0.2) is 9.59 Å². The Kier molecular flexibility index (Phi) is 7.46. The highest BCUT2D eigenvalue weighted by molar-refractivity contribution is 5.87. The number of esters is 1. The second-order valence-corrected chi connectivity index (χ2v) is 4.82. The summed E-state index contributed by atoms with van der Waals surface area (Å²) in [4.78, 5) is 22.5. The minimum Gasteiger partial charge on any atom is -0.478 e. The average Bonchev–Trinajstić information content (AvgIpc) is 2.47. The molecule has 0 heterocycles. The molecule has 0 radical (unpaired) electrons. The summed E-state index contributed by atoms with van der Waals surface area (Å²) >= 11 is 0. The summed E-state index contributed by atoms with van der Waals surface area (Å²) in [7, 11) is 0. The molecule has 0 bridgehead atoms. The Labute approximate surface area is 124 Å². The van der Waals surface area contributed by atoms with Gasteiger partial charge in [0.05, 0.1) is 5.56 Å². The van der Waals surface area contributed by atoms with Gasteiger partial charge in [0.1, 0.15) is 5.75 Å². The molecular weight excluding hydrogens is 272 g/mol. The second kappa shape index (κ2) is 9.13. The van der Waals surface area contributed by atoms with Crippen LogP contribution in [-0.4, -0.2) is 29.8 Å². The van der Waals surface area contributed by atoms with Gasteiger partial charge in [0.15, 0.2) is 6.10 Å². The fourth-order valence-electron chi connectivity index (χ4n) is 1.72. The Morgan fingerprint density at radius 1 is 1.14 bits per heavy atom. The lowest BCUT2D eigenvalue weighted by molar-refractivity contribution is -0.146. The number of unbranched alkanes of at least 4 members (excludes halogenated alkanes) is 3. The Bertz CT molecular complexity index is 452. The quantitative estimate of drug-likeness (QED) is 0.430. The summed E-state index contributed by atoms with van der Waals surface area (Å²) in [6.07, 6.45) is 3.71. The van der Waals surface area contributed by atoms with E-state index in [1.165, 1.54) is 24.3 Å². The third-order valence-corrected chi connectivity index (χ3v) is 3.02. The summed E-state index contributed by atoms with van der Waals surface area (Å²) < 4.78 is 10.5. The minimum absolute atomic E-state index is 0.148. The van der Waals surface area contributed by atoms with Gasteiger partial charge in [-0.05, 0) is 37.6 Å². The summed E-state index contributed by atoms with van der Waals surface area (Å²) in [5, 5.41) is 8.78. The number of aromatic carboxylic acids is 1. The van der Waals surface area contributed by atoms with Crippen molar-refractivity contribution in [3.05, 3.63) is 29.8 Å². The van der Waals surface area contributed by atoms with Crippen molar-refractivity contribution in [1.29, 1.82) is 0 Å². The van der Waals surface area contributed by atoms with Crippen molar-refractivity contribution in [2.75, 3.05) is 6.61 Å². The van der Waals surface area contributed by atoms with Crippen LogP contribution in [0.1, 0.15) is 49.9 Å². The van der Waals surface area contributed by atoms with Crippen LogP contribution in [0.3, 0.4) is 0 Å². The summed E-state index contributed by atoms with van der Waals surface area (Å²) in [6.45, 7) is 4.32. The largest absolute Gasteiger partial charge is 0.478 e. The molecule has 0 spiro atoms. The maximum absolute atomic E-state index is 11.8. The van der Waals surface area contributed by atoms with Gasteiger partial charge in [0.25, 0.3) is 0 Å². The number of hydrogen-bond donors (Lipinski definition) is 1. The molecule has 1 unspecified atom stereocenters. The minimum atomic E-state index is -1.02. The van der Waals surface area contributed by atoms with E-state index in [2.05, 4.69) is 6.92 Å². The zero-order chi connectivity index (χ0) is 15.7. The highest BCUT2D eigenvalue weighted by Crippen LogP contribution is 2.13. The van der Waals surface area contributed by atoms with E-state index in [-0.39, 0.29) is 5.56 Å². The van der Waals surface area contributed by atoms with Crippen molar-refractivity contribution < 1.29 is 24.2 Å². The van der Waals surface area contributed by atoms with E-state index in [4.69, 9.17) is 14.6 Å². The van der Waals surface area contributed by atoms with Crippen LogP contribution in [0.4, 0.5) is 0 Å². The molecular formula is C16H22O5. The highest BCUT2D eigenvalue weighted by atomic mass is 16.6. The molecule has 1 rings (SSSR count). The molecule has 0 aromatic heterocycles. The molecule has 0 aliphatic rings. The normalized spacial score (nSPS) is 11.9. The van der Waals surface area contributed by atoms with Crippen LogP contribution in [-0.2, 0) is 9.53 Å². The maximum atomic E-state index is 11.8. The molecule has 1 aromatic rings. The SMILES string of the molecule is CCCCCCOC(C)C(=O)Oc1ccc(C(=O)O)cc1. The maximum Gasteiger partial charge on any atom is 0.340 e. The van der Waals surface area contributed by atoms with E-state index in [0.717, 1.165) is 25.7 Å². The molecule has 116 valence electrons. The number of carboxylic acids is 1. The van der Waals surface area contributed by atoms with E-state index in [0.29, 0.717) is 12.4 Å². The first-order valence-corrected chi connectivity index (χ1v) is 7.21. The number of carbonyl (C=O) groups excluding carboxylic acids is 1. The Morgan fingerprint density at radius 2 is 1.81 bits per heavy atom. The summed E-state index contributed by atoms with van der Waals surface area (Å²) in [5.41, 5.74) is 0.148. The Balaban J connectivity index is 2.36. The van der Waals surface area contributed by atoms with Crippen LogP contribution >= 0.6 is 0 Å². The monoisotopic (exact) mass is 294 g/mol. The number of carbonyl (C=O) groups is 2. The predicted octanol–water partition coefficient (Wildman–Crippen LogP) is 3.28. The van der Waals surface area contributed by atoms with Crippen molar-refractivity contribution >= 4 is 11.9 Å². The molecule has 0 saturated carbocycles. The van der Waals surface area contributed by atoms with Gasteiger partial charge in [0, 0.05) is 6.61 Å². The zero-order valence-electron chi connectivity index (χ0n) is 12.5. The molecule has 0 fully saturated rings. The van der Waals surface area contributed by atoms with Gasteiger partial charge in [0.2, 0.25) is 0 Å². The van der Waals surface area contributed by atoms with Crippen molar-refractivity contribution in [2.45, 2.75) is 45.6 Å². The first-order valence-electron chi connectivity index (χ1n) is 7.21. The summed E-state index contributed by atoms with van der Waals surface area (Å²) in [5.74, 6) is -1.18. The number of ether oxygens (including phenoxy) is 2. The van der Waals surface area contributed by atoms with Gasteiger partial charge in [-0.15, -0.1) is 0 Å². The lowest BCUT2D eigenvalue weighted by Gasteiger charge is -2.12. The first-order chi connectivity index (χ1) is 10.0. The highest BCUT2D eigenvalue weighted by Gasteiger charge is 2.16. The fourth-order valence-corrected chi connectivity index (χ4v) is 1.72. The molecule has 0 aliphatic heterocycles. The Morgan fingerprint density at radius 3 is 2.38 bits per heavy atom. The van der Waals surface area contributed by atoms with Crippen LogP contribution in [0.25, 0.3) is 0 Å². The average molecular weight is 294 g/mol. The lowest BCUT2D eigenvalue weighted by atomic mass is 10.2. The van der Waals surface area contributed by atoms with Gasteiger partial charge in [-0.1, -0.05) is 26.2 Å². The topological polar surface area (TPSA) is 72.8 Å². The van der Waals surface area contributed by atoms with Crippen LogP contribution < -0.4 is 4.74 Å². The smallest absolute Gasteiger partial charge is 0.340 e. The van der Waals surface area contributed by atoms with Crippen LogP contribution in [0, 0.1) is 0 Å². The molecule has 21 heavy (non-hydrogen) atoms. The molecule has 5 heteroatoms. The van der Waals surface area contributed by atoms with E-state index in [1.807, 2.05) is 0 Å². The van der Waals surface area contributed by atoms with Crippen molar-refractivity contribution in [2.24, 2.45) is 0 Å². The van der Waals surface area contributed by atoms with Crippen LogP contribution in [0.15, 0.2) is 24.3 Å². The van der Waals surface area contributed by atoms with Crippen molar-refractivity contribution in [3.8, 4) is 5.75 Å². The first kappa shape index (κ1) is 17.2. The molecule has 1 atom stereocenters. The number of carboxylic acid groups (broad SMARTS) is 1. The number of rotatable bonds is 9. The third kappa shape index (κ3) is 6.40. The van der Waals surface area contributed by atoms with E-state index < -0.39 is 18.0 Å². The zero-order valence-corrected chi connectivity index (χ0v) is 12.5. The predicted molar refractivity (Wildman–Crippen MR) is 78.6 cm³/mol. The lowest BCUT2D eigenvalue weighted by Crippen LogP contribution is -2.26. The van der Waals surface area contributed by atoms with Crippen molar-refractivity contribution in [1.82, 2.24) is 0 Å². The molecule has 5 nitrogen and oxygen atoms in total. The second-order valence-electron chi connectivity index (χ2n) is 4.82. The molecule has 1 aromatic carbocycles. The van der Waals surface area contributed by atoms with Gasteiger partial charge >= 0.3 is 11.9 Å². The molecule has 0 aliphatic carbocycles. The van der Waals surface area contributed by atoms with Gasteiger partial charge < -0.3 is 14.6 Å². The fraction of sp³-hybridized carbons (Fsp3) is 0.500. The van der Waals surface area contributed by atoms with E-state index in [1.54, 1.807) is 6.92 Å². The summed E-state index contributed by atoms with van der Waals surface area (Å²) in [6, 6.07) is 5.69. The van der Waals surface area contributed by atoms with Crippen LogP contribution in [0.5, 0.6) is 5.75 Å². The van der Waals surface area contributed by atoms with Gasteiger partial charge in [-0.2, -0.15) is 0 Å². The third-order valence-electron chi connectivity index (χ3n) is 3.02.